The Hall–Kier alpha value is -0.120. The van der Waals surface area contributed by atoms with Gasteiger partial charge in [0.15, 0.2) is 5.79 Å². The van der Waals surface area contributed by atoms with Gasteiger partial charge in [-0.1, -0.05) is 71.1 Å². The second-order valence-corrected chi connectivity index (χ2v) is 11.7. The van der Waals surface area contributed by atoms with Crippen LogP contribution in [0.5, 0.6) is 0 Å². The molecule has 1 heterocycles. The average Bonchev–Trinajstić information content (AvgIpc) is 3.63. The van der Waals surface area contributed by atoms with Gasteiger partial charge in [0.05, 0.1) is 12.7 Å². The highest BCUT2D eigenvalue weighted by molar-refractivity contribution is 4.94. The van der Waals surface area contributed by atoms with Gasteiger partial charge < -0.3 is 14.4 Å². The Morgan fingerprint density at radius 3 is 2.03 bits per heavy atom. The molecule has 3 heteroatoms. The molecule has 3 rings (SSSR count). The summed E-state index contributed by atoms with van der Waals surface area (Å²) in [4.78, 5) is 2.22. The first-order valence-corrected chi connectivity index (χ1v) is 14.0. The van der Waals surface area contributed by atoms with Crippen molar-refractivity contribution in [3.8, 4) is 0 Å². The Morgan fingerprint density at radius 1 is 0.774 bits per heavy atom. The lowest BCUT2D eigenvalue weighted by Gasteiger charge is -2.23. The van der Waals surface area contributed by atoms with E-state index in [0.717, 1.165) is 49.7 Å². The fourth-order valence-electron chi connectivity index (χ4n) is 5.88. The third-order valence-corrected chi connectivity index (χ3v) is 8.27. The maximum Gasteiger partial charge on any atom is 0.166 e. The van der Waals surface area contributed by atoms with Gasteiger partial charge in [0.1, 0.15) is 0 Å². The number of ether oxygens (including phenoxy) is 2. The Kier molecular flexibility index (Phi) is 10.6. The predicted octanol–water partition coefficient (Wildman–Crippen LogP) is 7.43. The molecule has 6 atom stereocenters. The third kappa shape index (κ3) is 9.72. The zero-order valence-corrected chi connectivity index (χ0v) is 21.4. The molecule has 182 valence electrons. The summed E-state index contributed by atoms with van der Waals surface area (Å²) in [6.45, 7) is 6.31. The molecule has 0 radical (unpaired) electrons. The van der Waals surface area contributed by atoms with E-state index in [0.29, 0.717) is 0 Å². The Morgan fingerprint density at radius 2 is 1.39 bits per heavy atom. The van der Waals surface area contributed by atoms with Gasteiger partial charge in [-0.05, 0) is 76.8 Å². The molecule has 0 spiro atoms. The molecule has 3 fully saturated rings. The van der Waals surface area contributed by atoms with Crippen molar-refractivity contribution in [2.24, 2.45) is 23.7 Å². The van der Waals surface area contributed by atoms with Crippen LogP contribution in [0.15, 0.2) is 0 Å². The second kappa shape index (κ2) is 12.9. The average molecular weight is 436 g/mol. The standard InChI is InChI=1S/C28H53NO2/c1-5-6-11-14-23-19-25(23)21-26-20-24(26)15-12-9-7-8-10-13-17-28(2)30-22-27(31-28)16-18-29(3)4/h23-27H,5-22H2,1-4H3. The summed E-state index contributed by atoms with van der Waals surface area (Å²) in [7, 11) is 4.24. The molecular formula is C28H53NO2. The Labute approximate surface area is 194 Å². The normalized spacial score (nSPS) is 34.5. The van der Waals surface area contributed by atoms with Crippen LogP contribution < -0.4 is 0 Å². The summed E-state index contributed by atoms with van der Waals surface area (Å²) < 4.78 is 12.2. The molecule has 0 amide bonds. The van der Waals surface area contributed by atoms with Crippen molar-refractivity contribution >= 4 is 0 Å². The molecule has 0 aromatic carbocycles. The monoisotopic (exact) mass is 435 g/mol. The summed E-state index contributed by atoms with van der Waals surface area (Å²) in [6.07, 6.45) is 22.8. The minimum absolute atomic E-state index is 0.283. The fraction of sp³-hybridized carbons (Fsp3) is 1.00. The van der Waals surface area contributed by atoms with Crippen molar-refractivity contribution < 1.29 is 9.47 Å². The van der Waals surface area contributed by atoms with Crippen LogP contribution >= 0.6 is 0 Å². The molecule has 3 aliphatic rings. The van der Waals surface area contributed by atoms with E-state index in [1.165, 1.54) is 70.6 Å². The van der Waals surface area contributed by atoms with E-state index in [9.17, 15) is 0 Å². The van der Waals surface area contributed by atoms with Crippen LogP contribution in [0.4, 0.5) is 0 Å². The summed E-state index contributed by atoms with van der Waals surface area (Å²) in [5, 5.41) is 0. The maximum absolute atomic E-state index is 6.20. The molecule has 1 saturated heterocycles. The van der Waals surface area contributed by atoms with E-state index in [4.69, 9.17) is 9.47 Å². The van der Waals surface area contributed by atoms with E-state index < -0.39 is 0 Å². The number of nitrogens with zero attached hydrogens (tertiary/aromatic N) is 1. The van der Waals surface area contributed by atoms with Crippen LogP contribution in [0.3, 0.4) is 0 Å². The second-order valence-electron chi connectivity index (χ2n) is 11.7. The smallest absolute Gasteiger partial charge is 0.166 e. The lowest BCUT2D eigenvalue weighted by atomic mass is 10.0. The van der Waals surface area contributed by atoms with Gasteiger partial charge in [-0.2, -0.15) is 0 Å². The highest BCUT2D eigenvalue weighted by atomic mass is 16.7. The van der Waals surface area contributed by atoms with Crippen LogP contribution in [0.2, 0.25) is 0 Å². The molecule has 6 unspecified atom stereocenters. The Balaban J connectivity index is 1.09. The van der Waals surface area contributed by atoms with Crippen molar-refractivity contribution in [1.82, 2.24) is 4.90 Å². The summed E-state index contributed by atoms with van der Waals surface area (Å²) >= 11 is 0. The highest BCUT2D eigenvalue weighted by Crippen LogP contribution is 2.54. The van der Waals surface area contributed by atoms with Crippen LogP contribution in [0.25, 0.3) is 0 Å². The zero-order chi connectivity index (χ0) is 22.1. The molecular weight excluding hydrogens is 382 g/mol. The third-order valence-electron chi connectivity index (χ3n) is 8.27. The minimum Gasteiger partial charge on any atom is -0.348 e. The zero-order valence-electron chi connectivity index (χ0n) is 21.4. The first-order chi connectivity index (χ1) is 15.0. The first-order valence-electron chi connectivity index (χ1n) is 14.0. The fourth-order valence-corrected chi connectivity index (χ4v) is 5.88. The molecule has 31 heavy (non-hydrogen) atoms. The van der Waals surface area contributed by atoms with Crippen molar-refractivity contribution in [2.45, 2.75) is 128 Å². The number of hydrogen-bond acceptors (Lipinski definition) is 3. The number of rotatable bonds is 18. The quantitative estimate of drug-likeness (QED) is 0.209. The van der Waals surface area contributed by atoms with Crippen LogP contribution in [-0.2, 0) is 9.47 Å². The van der Waals surface area contributed by atoms with Crippen molar-refractivity contribution in [1.29, 1.82) is 0 Å². The van der Waals surface area contributed by atoms with Gasteiger partial charge in [-0.25, -0.2) is 0 Å². The number of unbranched alkanes of at least 4 members (excludes halogenated alkanes) is 7. The Bertz CT molecular complexity index is 495. The van der Waals surface area contributed by atoms with E-state index >= 15 is 0 Å². The molecule has 1 aliphatic heterocycles. The van der Waals surface area contributed by atoms with Gasteiger partial charge in [0, 0.05) is 13.0 Å². The SMILES string of the molecule is CCCCCC1CC1CC1CC1CCCCCCCCC1(C)OCC(CCN(C)C)O1. The van der Waals surface area contributed by atoms with Crippen LogP contribution in [-0.4, -0.2) is 44.0 Å². The molecule has 0 bridgehead atoms. The van der Waals surface area contributed by atoms with E-state index in [1.54, 1.807) is 19.3 Å². The molecule has 0 aromatic heterocycles. The van der Waals surface area contributed by atoms with Gasteiger partial charge in [0.2, 0.25) is 0 Å². The van der Waals surface area contributed by atoms with Gasteiger partial charge in [-0.3, -0.25) is 0 Å². The van der Waals surface area contributed by atoms with E-state index in [2.05, 4.69) is 32.8 Å². The predicted molar refractivity (Wildman–Crippen MR) is 131 cm³/mol. The first kappa shape index (κ1) is 25.5. The topological polar surface area (TPSA) is 21.7 Å². The van der Waals surface area contributed by atoms with Crippen LogP contribution in [0, 0.1) is 23.7 Å². The molecule has 2 aliphatic carbocycles. The molecule has 3 nitrogen and oxygen atoms in total. The van der Waals surface area contributed by atoms with Crippen molar-refractivity contribution in [3.05, 3.63) is 0 Å². The molecule has 2 saturated carbocycles. The maximum atomic E-state index is 6.20. The molecule has 0 N–H and O–H groups in total. The van der Waals surface area contributed by atoms with Crippen LogP contribution in [0.1, 0.15) is 117 Å². The highest BCUT2D eigenvalue weighted by Gasteiger charge is 2.44. The van der Waals surface area contributed by atoms with Gasteiger partial charge >= 0.3 is 0 Å². The van der Waals surface area contributed by atoms with Crippen molar-refractivity contribution in [3.63, 3.8) is 0 Å². The summed E-state index contributed by atoms with van der Waals surface area (Å²) in [5.41, 5.74) is 0. The molecule has 0 aromatic rings. The van der Waals surface area contributed by atoms with E-state index in [-0.39, 0.29) is 11.9 Å². The lowest BCUT2D eigenvalue weighted by molar-refractivity contribution is -0.159. The van der Waals surface area contributed by atoms with Gasteiger partial charge in [-0.15, -0.1) is 0 Å². The summed E-state index contributed by atoms with van der Waals surface area (Å²) in [6, 6.07) is 0. The largest absolute Gasteiger partial charge is 0.348 e. The number of hydrogen-bond donors (Lipinski definition) is 0. The lowest BCUT2D eigenvalue weighted by Crippen LogP contribution is -2.27. The van der Waals surface area contributed by atoms with Gasteiger partial charge in [0.25, 0.3) is 0 Å². The van der Waals surface area contributed by atoms with E-state index in [1.807, 2.05) is 0 Å². The van der Waals surface area contributed by atoms with Crippen molar-refractivity contribution in [2.75, 3.05) is 27.2 Å². The summed E-state index contributed by atoms with van der Waals surface area (Å²) in [5.74, 6) is 4.15. The minimum atomic E-state index is -0.325.